The number of carbonyl (C=O) groups is 1. The second kappa shape index (κ2) is 6.06. The molecule has 3 N–H and O–H groups in total. The van der Waals surface area contributed by atoms with Gasteiger partial charge in [-0.05, 0) is 43.9 Å². The molecule has 104 valence electrons. The standard InChI is InChI=1S/C15H21BrN2O/c1-11(9-12-3-5-13(16)6-4-12)18-14(19)15(10-17)7-2-8-15/h3-6,11H,2,7-10,17H2,1H3,(H,18,19). The summed E-state index contributed by atoms with van der Waals surface area (Å²) < 4.78 is 1.07. The van der Waals surface area contributed by atoms with Gasteiger partial charge in [0.15, 0.2) is 0 Å². The van der Waals surface area contributed by atoms with E-state index in [2.05, 4.69) is 33.4 Å². The Hall–Kier alpha value is -0.870. The highest BCUT2D eigenvalue weighted by Crippen LogP contribution is 2.40. The first-order chi connectivity index (χ1) is 9.05. The van der Waals surface area contributed by atoms with Gasteiger partial charge in [-0.1, -0.05) is 34.5 Å². The maximum atomic E-state index is 12.2. The summed E-state index contributed by atoms with van der Waals surface area (Å²) in [6.45, 7) is 2.51. The van der Waals surface area contributed by atoms with E-state index in [4.69, 9.17) is 5.73 Å². The molecule has 1 aliphatic carbocycles. The van der Waals surface area contributed by atoms with Crippen molar-refractivity contribution in [3.8, 4) is 0 Å². The first-order valence-electron chi connectivity index (χ1n) is 6.81. The van der Waals surface area contributed by atoms with E-state index >= 15 is 0 Å². The van der Waals surface area contributed by atoms with Crippen molar-refractivity contribution >= 4 is 21.8 Å². The predicted octanol–water partition coefficient (Wildman–Crippen LogP) is 2.63. The largest absolute Gasteiger partial charge is 0.353 e. The number of carbonyl (C=O) groups excluding carboxylic acids is 1. The van der Waals surface area contributed by atoms with E-state index in [1.807, 2.05) is 19.1 Å². The van der Waals surface area contributed by atoms with Crippen LogP contribution in [0.3, 0.4) is 0 Å². The first-order valence-corrected chi connectivity index (χ1v) is 7.60. The molecule has 0 bridgehead atoms. The van der Waals surface area contributed by atoms with E-state index in [-0.39, 0.29) is 17.4 Å². The lowest BCUT2D eigenvalue weighted by atomic mass is 9.68. The summed E-state index contributed by atoms with van der Waals surface area (Å²) in [5.74, 6) is 0.130. The van der Waals surface area contributed by atoms with Gasteiger partial charge in [0, 0.05) is 17.1 Å². The van der Waals surface area contributed by atoms with Crippen molar-refractivity contribution in [3.63, 3.8) is 0 Å². The van der Waals surface area contributed by atoms with Crippen LogP contribution in [0.25, 0.3) is 0 Å². The van der Waals surface area contributed by atoms with Gasteiger partial charge in [0.1, 0.15) is 0 Å². The number of hydrogen-bond acceptors (Lipinski definition) is 2. The molecule has 1 saturated carbocycles. The normalized spacial score (nSPS) is 18.5. The number of amides is 1. The molecule has 1 atom stereocenters. The van der Waals surface area contributed by atoms with Crippen LogP contribution in [0.1, 0.15) is 31.7 Å². The summed E-state index contributed by atoms with van der Waals surface area (Å²) in [4.78, 5) is 12.2. The molecule has 1 aromatic carbocycles. The summed E-state index contributed by atoms with van der Waals surface area (Å²) in [6.07, 6.45) is 3.83. The van der Waals surface area contributed by atoms with E-state index in [0.717, 1.165) is 30.2 Å². The van der Waals surface area contributed by atoms with Crippen LogP contribution < -0.4 is 11.1 Å². The van der Waals surface area contributed by atoms with Gasteiger partial charge in [-0.25, -0.2) is 0 Å². The fourth-order valence-corrected chi connectivity index (χ4v) is 2.79. The Kier molecular flexibility index (Phi) is 4.63. The molecule has 1 amide bonds. The zero-order chi connectivity index (χ0) is 13.9. The molecule has 1 aromatic rings. The topological polar surface area (TPSA) is 55.1 Å². The molecule has 0 radical (unpaired) electrons. The second-order valence-electron chi connectivity index (χ2n) is 5.54. The number of rotatable bonds is 5. The SMILES string of the molecule is CC(Cc1ccc(Br)cc1)NC(=O)C1(CN)CCC1. The first kappa shape index (κ1) is 14.5. The van der Waals surface area contributed by atoms with E-state index < -0.39 is 0 Å². The lowest BCUT2D eigenvalue weighted by Gasteiger charge is -2.39. The van der Waals surface area contributed by atoms with Gasteiger partial charge in [0.05, 0.1) is 5.41 Å². The van der Waals surface area contributed by atoms with Crippen molar-refractivity contribution in [2.45, 2.75) is 38.6 Å². The molecule has 19 heavy (non-hydrogen) atoms. The molecule has 1 unspecified atom stereocenters. The zero-order valence-corrected chi connectivity index (χ0v) is 12.9. The highest BCUT2D eigenvalue weighted by Gasteiger charge is 2.42. The van der Waals surface area contributed by atoms with Crippen LogP contribution in [0.4, 0.5) is 0 Å². The Morgan fingerprint density at radius 2 is 2.05 bits per heavy atom. The minimum absolute atomic E-state index is 0.130. The molecule has 4 heteroatoms. The van der Waals surface area contributed by atoms with Gasteiger partial charge in [-0.3, -0.25) is 4.79 Å². The molecule has 0 aliphatic heterocycles. The number of benzene rings is 1. The van der Waals surface area contributed by atoms with E-state index in [1.54, 1.807) is 0 Å². The summed E-state index contributed by atoms with van der Waals surface area (Å²) in [7, 11) is 0. The highest BCUT2D eigenvalue weighted by atomic mass is 79.9. The van der Waals surface area contributed by atoms with Crippen LogP contribution in [-0.4, -0.2) is 18.5 Å². The Bertz CT molecular complexity index is 434. The molecule has 3 nitrogen and oxygen atoms in total. The molecule has 0 heterocycles. The van der Waals surface area contributed by atoms with Gasteiger partial charge in [-0.15, -0.1) is 0 Å². The molecule has 0 saturated heterocycles. The lowest BCUT2D eigenvalue weighted by Crippen LogP contribution is -2.52. The monoisotopic (exact) mass is 324 g/mol. The second-order valence-corrected chi connectivity index (χ2v) is 6.46. The van der Waals surface area contributed by atoms with E-state index in [0.29, 0.717) is 6.54 Å². The average molecular weight is 325 g/mol. The smallest absolute Gasteiger partial charge is 0.227 e. The summed E-state index contributed by atoms with van der Waals surface area (Å²) >= 11 is 3.42. The molecule has 0 spiro atoms. The zero-order valence-electron chi connectivity index (χ0n) is 11.3. The van der Waals surface area contributed by atoms with Crippen LogP contribution in [-0.2, 0) is 11.2 Å². The Balaban J connectivity index is 1.89. The third kappa shape index (κ3) is 3.37. The van der Waals surface area contributed by atoms with E-state index in [9.17, 15) is 4.79 Å². The minimum Gasteiger partial charge on any atom is -0.353 e. The Labute approximate surface area is 123 Å². The number of halogens is 1. The van der Waals surface area contributed by atoms with Crippen LogP contribution in [0.2, 0.25) is 0 Å². The third-order valence-corrected chi connectivity index (χ3v) is 4.54. The van der Waals surface area contributed by atoms with Crippen LogP contribution in [0.15, 0.2) is 28.7 Å². The number of nitrogens with one attached hydrogen (secondary N) is 1. The molecule has 1 fully saturated rings. The third-order valence-electron chi connectivity index (χ3n) is 4.02. The van der Waals surface area contributed by atoms with Crippen LogP contribution in [0.5, 0.6) is 0 Å². The fraction of sp³-hybridized carbons (Fsp3) is 0.533. The Morgan fingerprint density at radius 3 is 2.53 bits per heavy atom. The predicted molar refractivity (Wildman–Crippen MR) is 80.8 cm³/mol. The van der Waals surface area contributed by atoms with Crippen molar-refractivity contribution in [2.24, 2.45) is 11.1 Å². The van der Waals surface area contributed by atoms with Crippen LogP contribution in [0, 0.1) is 5.41 Å². The van der Waals surface area contributed by atoms with Gasteiger partial charge < -0.3 is 11.1 Å². The average Bonchev–Trinajstić information content (AvgIpc) is 2.31. The summed E-state index contributed by atoms with van der Waals surface area (Å²) in [5, 5.41) is 3.11. The maximum absolute atomic E-state index is 12.2. The van der Waals surface area contributed by atoms with Gasteiger partial charge in [-0.2, -0.15) is 0 Å². The number of nitrogens with two attached hydrogens (primary N) is 1. The molecular weight excluding hydrogens is 304 g/mol. The van der Waals surface area contributed by atoms with Gasteiger partial charge >= 0.3 is 0 Å². The fourth-order valence-electron chi connectivity index (χ4n) is 2.53. The molecular formula is C15H21BrN2O. The molecule has 1 aliphatic rings. The highest BCUT2D eigenvalue weighted by molar-refractivity contribution is 9.10. The van der Waals surface area contributed by atoms with Crippen LogP contribution >= 0.6 is 15.9 Å². The van der Waals surface area contributed by atoms with Crippen molar-refractivity contribution < 1.29 is 4.79 Å². The number of hydrogen-bond donors (Lipinski definition) is 2. The lowest BCUT2D eigenvalue weighted by molar-refractivity contribution is -0.135. The van der Waals surface area contributed by atoms with Crippen molar-refractivity contribution in [1.82, 2.24) is 5.32 Å². The maximum Gasteiger partial charge on any atom is 0.227 e. The summed E-state index contributed by atoms with van der Waals surface area (Å²) in [6, 6.07) is 8.34. The Morgan fingerprint density at radius 1 is 1.42 bits per heavy atom. The molecule has 0 aromatic heterocycles. The quantitative estimate of drug-likeness (QED) is 0.874. The van der Waals surface area contributed by atoms with Gasteiger partial charge in [0.2, 0.25) is 5.91 Å². The van der Waals surface area contributed by atoms with Crippen molar-refractivity contribution in [2.75, 3.05) is 6.54 Å². The summed E-state index contributed by atoms with van der Waals surface area (Å²) in [5.41, 5.74) is 6.69. The minimum atomic E-state index is -0.284. The van der Waals surface area contributed by atoms with E-state index in [1.165, 1.54) is 5.56 Å². The molecule has 2 rings (SSSR count). The van der Waals surface area contributed by atoms with Crippen molar-refractivity contribution in [3.05, 3.63) is 34.3 Å². The van der Waals surface area contributed by atoms with Crippen molar-refractivity contribution in [1.29, 1.82) is 0 Å². The van der Waals surface area contributed by atoms with Gasteiger partial charge in [0.25, 0.3) is 0 Å².